The van der Waals surface area contributed by atoms with Crippen LogP contribution in [0.2, 0.25) is 0 Å². The van der Waals surface area contributed by atoms with Crippen molar-refractivity contribution in [2.75, 3.05) is 11.4 Å². The number of carboxylic acid groups (broad SMARTS) is 1. The number of benzene rings is 1. The second-order valence-electron chi connectivity index (χ2n) is 6.02. The number of anilines is 1. The highest BCUT2D eigenvalue weighted by molar-refractivity contribution is 6.00. The average molecular weight is 356 g/mol. The molecule has 1 fully saturated rings. The highest BCUT2D eigenvalue weighted by Crippen LogP contribution is 2.27. The molecule has 26 heavy (non-hydrogen) atoms. The fraction of sp³-hybridized carbons (Fsp3) is 0.333. The lowest BCUT2D eigenvalue weighted by atomic mass is 10.0. The zero-order chi connectivity index (χ0) is 19.3. The Morgan fingerprint density at radius 2 is 2.08 bits per heavy atom. The fourth-order valence-corrected chi connectivity index (χ4v) is 2.81. The average Bonchev–Trinajstić information content (AvgIpc) is 2.94. The summed E-state index contributed by atoms with van der Waals surface area (Å²) in [4.78, 5) is 36.9. The van der Waals surface area contributed by atoms with Gasteiger partial charge in [-0.15, -0.1) is 6.42 Å². The minimum Gasteiger partial charge on any atom is -0.481 e. The number of aliphatic carboxylic acids is 1. The third-order valence-electron chi connectivity index (χ3n) is 4.15. The molecule has 1 unspecified atom stereocenters. The summed E-state index contributed by atoms with van der Waals surface area (Å²) in [5, 5.41) is 18.6. The van der Waals surface area contributed by atoms with Gasteiger partial charge in [-0.2, -0.15) is 0 Å². The van der Waals surface area contributed by atoms with Crippen LogP contribution >= 0.6 is 0 Å². The van der Waals surface area contributed by atoms with Crippen molar-refractivity contribution in [3.05, 3.63) is 29.8 Å². The molecular formula is C18H20N4O4. The highest BCUT2D eigenvalue weighted by atomic mass is 16.4. The Morgan fingerprint density at radius 3 is 2.62 bits per heavy atom. The number of carbonyl (C=O) groups is 3. The van der Waals surface area contributed by atoms with E-state index in [0.29, 0.717) is 24.2 Å². The van der Waals surface area contributed by atoms with Crippen LogP contribution in [0.5, 0.6) is 0 Å². The van der Waals surface area contributed by atoms with E-state index >= 15 is 0 Å². The molecule has 2 rings (SSSR count). The van der Waals surface area contributed by atoms with Crippen molar-refractivity contribution in [1.29, 1.82) is 5.41 Å². The Bertz CT molecular complexity index is 766. The largest absolute Gasteiger partial charge is 0.481 e. The van der Waals surface area contributed by atoms with Gasteiger partial charge in [-0.1, -0.05) is 5.92 Å². The molecule has 1 aromatic rings. The number of hydrogen-bond donors (Lipinski definition) is 4. The minimum atomic E-state index is -1.11. The van der Waals surface area contributed by atoms with Gasteiger partial charge in [-0.05, 0) is 30.7 Å². The molecule has 1 heterocycles. The van der Waals surface area contributed by atoms with Crippen LogP contribution in [0.3, 0.4) is 0 Å². The second-order valence-corrected chi connectivity index (χ2v) is 6.02. The monoisotopic (exact) mass is 356 g/mol. The molecule has 0 bridgehead atoms. The van der Waals surface area contributed by atoms with Gasteiger partial charge in [0.25, 0.3) is 0 Å². The third-order valence-corrected chi connectivity index (χ3v) is 4.15. The molecule has 0 aliphatic carbocycles. The summed E-state index contributed by atoms with van der Waals surface area (Å²) in [6, 6.07) is 5.84. The van der Waals surface area contributed by atoms with E-state index in [0.717, 1.165) is 0 Å². The Balaban J connectivity index is 1.96. The Kier molecular flexibility index (Phi) is 5.96. The highest BCUT2D eigenvalue weighted by Gasteiger charge is 2.34. The van der Waals surface area contributed by atoms with Gasteiger partial charge >= 0.3 is 5.97 Å². The summed E-state index contributed by atoms with van der Waals surface area (Å²) in [5.41, 5.74) is 6.65. The second kappa shape index (κ2) is 8.16. The molecule has 136 valence electrons. The van der Waals surface area contributed by atoms with E-state index in [9.17, 15) is 14.4 Å². The number of amides is 2. The summed E-state index contributed by atoms with van der Waals surface area (Å²) in [6.45, 7) is 0.476. The van der Waals surface area contributed by atoms with Gasteiger partial charge in [0.15, 0.2) is 0 Å². The molecule has 5 N–H and O–H groups in total. The first-order valence-electron chi connectivity index (χ1n) is 8.05. The van der Waals surface area contributed by atoms with Gasteiger partial charge in [0, 0.05) is 30.1 Å². The predicted octanol–water partition coefficient (Wildman–Crippen LogP) is 0.306. The maximum atomic E-state index is 12.5. The van der Waals surface area contributed by atoms with Crippen LogP contribution in [-0.2, 0) is 14.4 Å². The topological polar surface area (TPSA) is 137 Å². The quantitative estimate of drug-likeness (QED) is 0.316. The normalized spacial score (nSPS) is 17.4. The summed E-state index contributed by atoms with van der Waals surface area (Å²) >= 11 is 0. The van der Waals surface area contributed by atoms with Gasteiger partial charge in [0.2, 0.25) is 11.8 Å². The third kappa shape index (κ3) is 4.60. The van der Waals surface area contributed by atoms with Crippen molar-refractivity contribution in [2.24, 2.45) is 11.7 Å². The molecule has 0 aromatic heterocycles. The van der Waals surface area contributed by atoms with E-state index in [4.69, 9.17) is 22.7 Å². The Morgan fingerprint density at radius 1 is 1.42 bits per heavy atom. The maximum Gasteiger partial charge on any atom is 0.306 e. The van der Waals surface area contributed by atoms with Crippen LogP contribution in [-0.4, -0.2) is 41.3 Å². The smallest absolute Gasteiger partial charge is 0.306 e. The molecular weight excluding hydrogens is 336 g/mol. The lowest BCUT2D eigenvalue weighted by Crippen LogP contribution is -2.37. The molecule has 1 aromatic carbocycles. The maximum absolute atomic E-state index is 12.5. The first-order valence-corrected chi connectivity index (χ1v) is 8.05. The Labute approximate surface area is 150 Å². The minimum absolute atomic E-state index is 0.0430. The van der Waals surface area contributed by atoms with E-state index in [2.05, 4.69) is 11.2 Å². The molecule has 8 nitrogen and oxygen atoms in total. The summed E-state index contributed by atoms with van der Waals surface area (Å²) in [5.74, 6) is -0.0437. The van der Waals surface area contributed by atoms with Crippen molar-refractivity contribution in [3.63, 3.8) is 0 Å². The molecule has 8 heteroatoms. The molecule has 0 saturated carbocycles. The van der Waals surface area contributed by atoms with Crippen LogP contribution in [0.1, 0.15) is 24.8 Å². The number of hydrogen-bond acceptors (Lipinski definition) is 4. The number of nitrogens with one attached hydrogen (secondary N) is 2. The molecule has 1 saturated heterocycles. The molecule has 0 spiro atoms. The van der Waals surface area contributed by atoms with Gasteiger partial charge in [0.1, 0.15) is 11.9 Å². The van der Waals surface area contributed by atoms with Crippen molar-refractivity contribution < 1.29 is 19.5 Å². The number of nitrogens with zero attached hydrogens (tertiary/aromatic N) is 1. The first-order chi connectivity index (χ1) is 12.3. The fourth-order valence-electron chi connectivity index (χ4n) is 2.81. The zero-order valence-corrected chi connectivity index (χ0v) is 14.1. The van der Waals surface area contributed by atoms with Gasteiger partial charge in [-0.3, -0.25) is 19.8 Å². The summed E-state index contributed by atoms with van der Waals surface area (Å²) in [6.07, 6.45) is 5.31. The Hall–Kier alpha value is -3.34. The number of carbonyl (C=O) groups excluding carboxylic acids is 2. The zero-order valence-electron chi connectivity index (χ0n) is 14.1. The lowest BCUT2D eigenvalue weighted by Gasteiger charge is -2.17. The molecule has 0 radical (unpaired) electrons. The van der Waals surface area contributed by atoms with E-state index in [1.54, 1.807) is 29.2 Å². The number of nitrogens with two attached hydrogens (primary N) is 1. The molecule has 2 atom stereocenters. The van der Waals surface area contributed by atoms with E-state index in [1.165, 1.54) is 0 Å². The molecule has 1 aliphatic heterocycles. The van der Waals surface area contributed by atoms with Crippen LogP contribution < -0.4 is 16.0 Å². The van der Waals surface area contributed by atoms with Crippen molar-refractivity contribution >= 4 is 29.3 Å². The van der Waals surface area contributed by atoms with Gasteiger partial charge < -0.3 is 21.1 Å². The van der Waals surface area contributed by atoms with Gasteiger partial charge in [0.05, 0.1) is 6.42 Å². The van der Waals surface area contributed by atoms with Crippen molar-refractivity contribution in [2.45, 2.75) is 25.3 Å². The number of nitrogen functional groups attached to an aromatic ring is 1. The van der Waals surface area contributed by atoms with E-state index in [-0.39, 0.29) is 24.6 Å². The number of carboxylic acids is 1. The molecule has 2 amide bonds. The van der Waals surface area contributed by atoms with E-state index < -0.39 is 23.8 Å². The van der Waals surface area contributed by atoms with Crippen LogP contribution in [0.25, 0.3) is 0 Å². The standard InChI is InChI=1S/C18H20N4O4/c1-2-13(10-16(24)25)21-15(23)9-12-7-8-22(18(12)26)14-5-3-11(4-6-14)17(19)20/h1,3-6,12-13H,7-10H2,(H3,19,20)(H,21,23)(H,24,25)/t12-,13?/m0/s1. The summed E-state index contributed by atoms with van der Waals surface area (Å²) < 4.78 is 0. The van der Waals surface area contributed by atoms with Crippen LogP contribution in [0, 0.1) is 23.7 Å². The molecule has 1 aliphatic rings. The predicted molar refractivity (Wildman–Crippen MR) is 95.6 cm³/mol. The SMILES string of the molecule is C#CC(CC(=O)O)NC(=O)C[C@@H]1CCN(c2ccc(C(=N)N)cc2)C1=O. The van der Waals surface area contributed by atoms with Gasteiger partial charge in [-0.25, -0.2) is 0 Å². The lowest BCUT2D eigenvalue weighted by molar-refractivity contribution is -0.137. The van der Waals surface area contributed by atoms with Crippen LogP contribution in [0.15, 0.2) is 24.3 Å². The number of terminal acetylenes is 1. The first kappa shape index (κ1) is 19.0. The van der Waals surface area contributed by atoms with Crippen molar-refractivity contribution in [3.8, 4) is 12.3 Å². The summed E-state index contributed by atoms with van der Waals surface area (Å²) in [7, 11) is 0. The number of rotatable bonds is 7. The van der Waals surface area contributed by atoms with Crippen molar-refractivity contribution in [1.82, 2.24) is 5.32 Å². The van der Waals surface area contributed by atoms with Crippen LogP contribution in [0.4, 0.5) is 5.69 Å². The van der Waals surface area contributed by atoms with E-state index in [1.807, 2.05) is 0 Å². The number of amidine groups is 1.